The van der Waals surface area contributed by atoms with Gasteiger partial charge >= 0.3 is 0 Å². The molecule has 1 aliphatic heterocycles. The van der Waals surface area contributed by atoms with Crippen molar-refractivity contribution in [1.29, 1.82) is 0 Å². The summed E-state index contributed by atoms with van der Waals surface area (Å²) < 4.78 is 0. The van der Waals surface area contributed by atoms with E-state index in [1.165, 1.54) is 63.8 Å². The summed E-state index contributed by atoms with van der Waals surface area (Å²) in [7, 11) is 0. The number of hydrogen-bond donors (Lipinski definition) is 1. The Kier molecular flexibility index (Phi) is 15.3. The number of phenolic OH excluding ortho intramolecular Hbond substituents is 1. The third-order valence-electron chi connectivity index (χ3n) is 10.9. The van der Waals surface area contributed by atoms with Gasteiger partial charge in [0.25, 0.3) is 0 Å². The Hall–Kier alpha value is -4.41. The molecule has 1 N–H and O–H groups in total. The third-order valence-corrected chi connectivity index (χ3v) is 10.9. The van der Waals surface area contributed by atoms with Gasteiger partial charge in [-0.25, -0.2) is 0 Å². The lowest BCUT2D eigenvalue weighted by Gasteiger charge is -2.40. The molecule has 0 radical (unpaired) electrons. The van der Waals surface area contributed by atoms with Gasteiger partial charge in [0.05, 0.1) is 5.69 Å². The topological polar surface area (TPSA) is 39.6 Å². The highest BCUT2D eigenvalue weighted by Gasteiger charge is 2.26. The van der Waals surface area contributed by atoms with Crippen molar-refractivity contribution < 1.29 is 5.11 Å². The number of phenols is 1. The van der Waals surface area contributed by atoms with Gasteiger partial charge in [-0.15, -0.1) is 0 Å². The standard InChI is InChI=1S/C48H59N3O.C2H6/c1-6-12-38-31-41(32-39(13-7-2)46(38)14-8-3)48-30-37(23-26-49-48)33-50-27-24-43(25-28-50)51(42-19-21-44(52)22-20-42)34-36-15-11-16-40(29-36)47-18-10-9-17-45(47)35(4)5;1-2/h9-11,15-23,26,29-32,35,43,52H,6-8,12-14,24-25,27-28,33-34H2,1-5H3;1-2H3. The molecule has 54 heavy (non-hydrogen) atoms. The second-order valence-electron chi connectivity index (χ2n) is 15.2. The first-order valence-electron chi connectivity index (χ1n) is 20.9. The lowest BCUT2D eigenvalue weighted by atomic mass is 9.89. The fourth-order valence-electron chi connectivity index (χ4n) is 8.25. The second-order valence-corrected chi connectivity index (χ2v) is 15.2. The van der Waals surface area contributed by atoms with Gasteiger partial charge in [-0.3, -0.25) is 9.88 Å². The Morgan fingerprint density at radius 3 is 2.04 bits per heavy atom. The maximum Gasteiger partial charge on any atom is 0.115 e. The Labute approximate surface area is 327 Å². The Morgan fingerprint density at radius 2 is 1.39 bits per heavy atom. The Morgan fingerprint density at radius 1 is 0.722 bits per heavy atom. The number of aryl methyl sites for hydroxylation is 2. The van der Waals surface area contributed by atoms with Crippen LogP contribution in [0, 0.1) is 0 Å². The van der Waals surface area contributed by atoms with Gasteiger partial charge in [-0.05, 0) is 137 Å². The van der Waals surface area contributed by atoms with E-state index >= 15 is 0 Å². The van der Waals surface area contributed by atoms with E-state index in [0.717, 1.165) is 69.7 Å². The zero-order valence-electron chi connectivity index (χ0n) is 34.2. The average molecular weight is 724 g/mol. The van der Waals surface area contributed by atoms with E-state index in [1.807, 2.05) is 32.2 Å². The number of benzene rings is 4. The normalized spacial score (nSPS) is 13.5. The summed E-state index contributed by atoms with van der Waals surface area (Å²) in [4.78, 5) is 10.1. The molecule has 0 saturated carbocycles. The summed E-state index contributed by atoms with van der Waals surface area (Å²) in [6.45, 7) is 19.3. The van der Waals surface area contributed by atoms with Gasteiger partial charge in [0.2, 0.25) is 0 Å². The van der Waals surface area contributed by atoms with Crippen molar-refractivity contribution in [3.63, 3.8) is 0 Å². The molecule has 1 aliphatic rings. The molecule has 2 heterocycles. The van der Waals surface area contributed by atoms with Crippen molar-refractivity contribution in [3.8, 4) is 28.1 Å². The van der Waals surface area contributed by atoms with E-state index in [1.54, 1.807) is 5.56 Å². The molecule has 4 nitrogen and oxygen atoms in total. The molecule has 1 aromatic heterocycles. The van der Waals surface area contributed by atoms with E-state index in [4.69, 9.17) is 4.98 Å². The van der Waals surface area contributed by atoms with E-state index in [-0.39, 0.29) is 0 Å². The molecule has 5 aromatic rings. The minimum absolute atomic E-state index is 0.308. The molecule has 4 aromatic carbocycles. The number of aromatic nitrogens is 1. The molecule has 0 bridgehead atoms. The summed E-state index contributed by atoms with van der Waals surface area (Å²) in [5.74, 6) is 0.772. The molecule has 0 aliphatic carbocycles. The first-order valence-corrected chi connectivity index (χ1v) is 20.9. The molecule has 4 heteroatoms. The van der Waals surface area contributed by atoms with Crippen LogP contribution in [0.15, 0.2) is 103 Å². The van der Waals surface area contributed by atoms with Gasteiger partial charge in [-0.1, -0.05) is 110 Å². The highest BCUT2D eigenvalue weighted by Crippen LogP contribution is 2.33. The van der Waals surface area contributed by atoms with Crippen LogP contribution in [0.3, 0.4) is 0 Å². The maximum atomic E-state index is 10.1. The largest absolute Gasteiger partial charge is 0.508 e. The molecular formula is C50H65N3O. The highest BCUT2D eigenvalue weighted by molar-refractivity contribution is 5.69. The molecule has 0 atom stereocenters. The highest BCUT2D eigenvalue weighted by atomic mass is 16.3. The van der Waals surface area contributed by atoms with E-state index < -0.39 is 0 Å². The van der Waals surface area contributed by atoms with E-state index in [9.17, 15) is 5.11 Å². The van der Waals surface area contributed by atoms with E-state index in [2.05, 4.69) is 129 Å². The van der Waals surface area contributed by atoms with Crippen LogP contribution in [-0.4, -0.2) is 34.1 Å². The number of pyridine rings is 1. The summed E-state index contributed by atoms with van der Waals surface area (Å²) in [6.07, 6.45) is 11.1. The predicted molar refractivity (Wildman–Crippen MR) is 232 cm³/mol. The van der Waals surface area contributed by atoms with Crippen molar-refractivity contribution in [2.24, 2.45) is 0 Å². The molecule has 0 amide bonds. The van der Waals surface area contributed by atoms with Gasteiger partial charge in [0, 0.05) is 49.7 Å². The molecule has 286 valence electrons. The quantitative estimate of drug-likeness (QED) is 0.117. The van der Waals surface area contributed by atoms with Crippen LogP contribution in [0.2, 0.25) is 0 Å². The van der Waals surface area contributed by atoms with Crippen molar-refractivity contribution in [2.45, 2.75) is 125 Å². The number of aromatic hydroxyl groups is 1. The molecular weight excluding hydrogens is 659 g/mol. The van der Waals surface area contributed by atoms with Gasteiger partial charge in [0.15, 0.2) is 0 Å². The number of anilines is 1. The zero-order chi connectivity index (χ0) is 38.5. The van der Waals surface area contributed by atoms with Crippen molar-refractivity contribution >= 4 is 5.69 Å². The molecule has 0 spiro atoms. The molecule has 1 fully saturated rings. The fraction of sp³-hybridized carbons (Fsp3) is 0.420. The summed E-state index contributed by atoms with van der Waals surface area (Å²) in [6, 6.07) is 35.5. The summed E-state index contributed by atoms with van der Waals surface area (Å²) in [5, 5.41) is 10.1. The van der Waals surface area contributed by atoms with Crippen LogP contribution in [-0.2, 0) is 32.4 Å². The van der Waals surface area contributed by atoms with E-state index in [0.29, 0.717) is 17.7 Å². The minimum Gasteiger partial charge on any atom is -0.508 e. The van der Waals surface area contributed by atoms with Gasteiger partial charge in [0.1, 0.15) is 5.75 Å². The Balaban J connectivity index is 0.00000276. The number of nitrogens with zero attached hydrogens (tertiary/aromatic N) is 3. The number of piperidine rings is 1. The summed E-state index contributed by atoms with van der Waals surface area (Å²) in [5.41, 5.74) is 14.8. The third kappa shape index (κ3) is 10.4. The molecule has 1 saturated heterocycles. The SMILES string of the molecule is CC.CCCc1cc(-c2cc(CN3CCC(N(Cc4cccc(-c5ccccc5C(C)C)c4)c4ccc(O)cc4)CC3)ccn2)cc(CCC)c1CCC. The number of rotatable bonds is 15. The van der Waals surface area contributed by atoms with Crippen LogP contribution in [0.25, 0.3) is 22.4 Å². The zero-order valence-corrected chi connectivity index (χ0v) is 34.2. The monoisotopic (exact) mass is 724 g/mol. The van der Waals surface area contributed by atoms with Gasteiger partial charge in [-0.2, -0.15) is 0 Å². The van der Waals surface area contributed by atoms with Crippen LogP contribution < -0.4 is 4.90 Å². The predicted octanol–water partition coefficient (Wildman–Crippen LogP) is 12.8. The first kappa shape index (κ1) is 40.8. The maximum absolute atomic E-state index is 10.1. The fourth-order valence-corrected chi connectivity index (χ4v) is 8.25. The number of hydrogen-bond acceptors (Lipinski definition) is 4. The number of likely N-dealkylation sites (tertiary alicyclic amines) is 1. The first-order chi connectivity index (χ1) is 26.4. The van der Waals surface area contributed by atoms with Crippen molar-refractivity contribution in [2.75, 3.05) is 18.0 Å². The van der Waals surface area contributed by atoms with Crippen LogP contribution in [0.1, 0.15) is 120 Å². The lowest BCUT2D eigenvalue weighted by Crippen LogP contribution is -2.44. The van der Waals surface area contributed by atoms with Crippen LogP contribution >= 0.6 is 0 Å². The second kappa shape index (κ2) is 20.3. The van der Waals surface area contributed by atoms with Crippen LogP contribution in [0.5, 0.6) is 5.75 Å². The smallest absolute Gasteiger partial charge is 0.115 e. The van der Waals surface area contributed by atoms with Crippen molar-refractivity contribution in [1.82, 2.24) is 9.88 Å². The Bertz CT molecular complexity index is 1860. The average Bonchev–Trinajstić information content (AvgIpc) is 3.20. The molecule has 6 rings (SSSR count). The summed E-state index contributed by atoms with van der Waals surface area (Å²) >= 11 is 0. The lowest BCUT2D eigenvalue weighted by molar-refractivity contribution is 0.201. The van der Waals surface area contributed by atoms with Crippen LogP contribution in [0.4, 0.5) is 5.69 Å². The van der Waals surface area contributed by atoms with Gasteiger partial charge < -0.3 is 10.0 Å². The minimum atomic E-state index is 0.308. The molecule has 0 unspecified atom stereocenters. The van der Waals surface area contributed by atoms with Crippen molar-refractivity contribution in [3.05, 3.63) is 137 Å².